The van der Waals surface area contributed by atoms with Crippen LogP contribution in [0.25, 0.3) is 0 Å². The summed E-state index contributed by atoms with van der Waals surface area (Å²) < 4.78 is 51.2. The van der Waals surface area contributed by atoms with Gasteiger partial charge in [-0.1, -0.05) is 54.9 Å². The third kappa shape index (κ3) is 6.16. The van der Waals surface area contributed by atoms with Crippen molar-refractivity contribution in [2.24, 2.45) is 0 Å². The minimum atomic E-state index is -4.05. The average molecular weight is 521 g/mol. The molecule has 0 heterocycles. The number of rotatable bonds is 9. The molecule has 0 aliphatic carbocycles. The van der Waals surface area contributed by atoms with Gasteiger partial charge in [-0.25, -0.2) is 16.8 Å². The third-order valence-corrected chi connectivity index (χ3v) is 8.32. The number of carbonyl (C=O) groups excluding carboxylic acids is 1. The predicted molar refractivity (Wildman–Crippen MR) is 133 cm³/mol. The molecule has 0 aromatic heterocycles. The fourth-order valence-corrected chi connectivity index (χ4v) is 5.65. The average Bonchev–Trinajstić information content (AvgIpc) is 2.81. The Balaban J connectivity index is 1.88. The largest absolute Gasteiger partial charge is 0.348 e. The Morgan fingerprint density at radius 3 is 2.12 bits per heavy atom. The molecule has 1 unspecified atom stereocenters. The number of nitrogens with one attached hydrogen (secondary N) is 1. The van der Waals surface area contributed by atoms with E-state index in [1.807, 2.05) is 6.92 Å². The first-order valence-corrected chi connectivity index (χ1v) is 14.2. The van der Waals surface area contributed by atoms with Gasteiger partial charge in [0.15, 0.2) is 9.84 Å². The summed E-state index contributed by atoms with van der Waals surface area (Å²) in [6.45, 7) is 1.40. The van der Waals surface area contributed by atoms with Crippen molar-refractivity contribution in [2.75, 3.05) is 17.1 Å². The molecule has 0 fully saturated rings. The number of nitrogens with zero attached hydrogens (tertiary/aromatic N) is 1. The maximum atomic E-state index is 13.4. The van der Waals surface area contributed by atoms with Gasteiger partial charge in [0.25, 0.3) is 10.0 Å². The fourth-order valence-electron chi connectivity index (χ4n) is 3.40. The summed E-state index contributed by atoms with van der Waals surface area (Å²) >= 11 is 6.09. The van der Waals surface area contributed by atoms with Crippen LogP contribution in [-0.4, -0.2) is 35.5 Å². The van der Waals surface area contributed by atoms with Crippen LogP contribution in [0.15, 0.2) is 88.7 Å². The summed E-state index contributed by atoms with van der Waals surface area (Å²) in [4.78, 5) is 13.2. The molecule has 7 nitrogen and oxygen atoms in total. The van der Waals surface area contributed by atoms with E-state index in [0.29, 0.717) is 17.0 Å². The Bertz CT molecular complexity index is 1360. The Hall–Kier alpha value is -2.88. The molecule has 180 valence electrons. The van der Waals surface area contributed by atoms with Gasteiger partial charge in [0.2, 0.25) is 5.91 Å². The topological polar surface area (TPSA) is 101 Å². The number of sulfonamides is 1. The van der Waals surface area contributed by atoms with Crippen LogP contribution in [0, 0.1) is 0 Å². The minimum absolute atomic E-state index is 0.0474. The summed E-state index contributed by atoms with van der Waals surface area (Å²) in [6.07, 6.45) is 1.64. The number of amides is 1. The highest BCUT2D eigenvalue weighted by Gasteiger charge is 2.28. The second-order valence-corrected chi connectivity index (χ2v) is 12.0. The van der Waals surface area contributed by atoms with E-state index >= 15 is 0 Å². The van der Waals surface area contributed by atoms with Crippen molar-refractivity contribution in [3.63, 3.8) is 0 Å². The van der Waals surface area contributed by atoms with Gasteiger partial charge in [-0.05, 0) is 54.4 Å². The lowest BCUT2D eigenvalue weighted by atomic mass is 10.0. The van der Waals surface area contributed by atoms with Crippen LogP contribution in [0.1, 0.15) is 24.9 Å². The number of halogens is 1. The van der Waals surface area contributed by atoms with E-state index in [9.17, 15) is 21.6 Å². The molecule has 1 amide bonds. The maximum Gasteiger partial charge on any atom is 0.264 e. The van der Waals surface area contributed by atoms with Gasteiger partial charge >= 0.3 is 0 Å². The minimum Gasteiger partial charge on any atom is -0.348 e. The van der Waals surface area contributed by atoms with E-state index in [1.54, 1.807) is 48.5 Å². The number of hydrogen-bond acceptors (Lipinski definition) is 5. The molecule has 1 atom stereocenters. The van der Waals surface area contributed by atoms with Crippen LogP contribution in [0.5, 0.6) is 0 Å². The standard InChI is InChI=1S/C24H25ClN2O5S2/c1-3-23(18-12-14-21(15-13-18)33(2,29)30)26-24(28)17-27(20-9-7-8-19(25)16-20)34(31,32)22-10-5-4-6-11-22/h4-16,23H,3,17H2,1-2H3,(H,26,28). The van der Waals surface area contributed by atoms with Gasteiger partial charge in [-0.15, -0.1) is 0 Å². The summed E-state index contributed by atoms with van der Waals surface area (Å²) in [5, 5.41) is 3.19. The normalized spacial score (nSPS) is 12.7. The van der Waals surface area contributed by atoms with Crippen molar-refractivity contribution in [3.8, 4) is 0 Å². The molecule has 3 aromatic carbocycles. The summed E-state index contributed by atoms with van der Waals surface area (Å²) in [5.74, 6) is -0.515. The van der Waals surface area contributed by atoms with E-state index < -0.39 is 38.4 Å². The zero-order valence-electron chi connectivity index (χ0n) is 18.7. The lowest BCUT2D eigenvalue weighted by molar-refractivity contribution is -0.120. The first kappa shape index (κ1) is 25.7. The van der Waals surface area contributed by atoms with Crippen LogP contribution < -0.4 is 9.62 Å². The molecular weight excluding hydrogens is 496 g/mol. The van der Waals surface area contributed by atoms with Gasteiger partial charge in [0, 0.05) is 11.3 Å². The van der Waals surface area contributed by atoms with Crippen LogP contribution in [0.3, 0.4) is 0 Å². The van der Waals surface area contributed by atoms with Gasteiger partial charge in [0.1, 0.15) is 6.54 Å². The van der Waals surface area contributed by atoms with Crippen molar-refractivity contribution in [3.05, 3.63) is 89.4 Å². The molecule has 1 N–H and O–H groups in total. The monoisotopic (exact) mass is 520 g/mol. The molecule has 3 rings (SSSR count). The predicted octanol–water partition coefficient (Wildman–Crippen LogP) is 4.21. The number of hydrogen-bond donors (Lipinski definition) is 1. The van der Waals surface area contributed by atoms with Gasteiger partial charge in [0.05, 0.1) is 21.5 Å². The number of carbonyl (C=O) groups is 1. The quantitative estimate of drug-likeness (QED) is 0.455. The first-order valence-electron chi connectivity index (χ1n) is 10.4. The zero-order valence-corrected chi connectivity index (χ0v) is 21.1. The number of anilines is 1. The van der Waals surface area contributed by atoms with E-state index in [1.165, 1.54) is 30.3 Å². The molecule has 0 radical (unpaired) electrons. The molecule has 0 saturated heterocycles. The molecule has 0 aliphatic rings. The summed E-state index contributed by atoms with van der Waals surface area (Å²) in [6, 6.07) is 19.9. The maximum absolute atomic E-state index is 13.4. The van der Waals surface area contributed by atoms with Crippen molar-refractivity contribution < 1.29 is 21.6 Å². The first-order chi connectivity index (χ1) is 16.0. The lowest BCUT2D eigenvalue weighted by Crippen LogP contribution is -2.42. The van der Waals surface area contributed by atoms with Gasteiger partial charge in [-0.2, -0.15) is 0 Å². The molecule has 10 heteroatoms. The van der Waals surface area contributed by atoms with Crippen molar-refractivity contribution >= 4 is 43.1 Å². The van der Waals surface area contributed by atoms with Crippen LogP contribution in [-0.2, 0) is 24.7 Å². The SMILES string of the molecule is CCC(NC(=O)CN(c1cccc(Cl)c1)S(=O)(=O)c1ccccc1)c1ccc(S(C)(=O)=O)cc1. The molecule has 3 aromatic rings. The van der Waals surface area contributed by atoms with Crippen molar-refractivity contribution in [1.29, 1.82) is 0 Å². The van der Waals surface area contributed by atoms with Crippen molar-refractivity contribution in [1.82, 2.24) is 5.32 Å². The Kier molecular flexibility index (Phi) is 8.01. The van der Waals surface area contributed by atoms with E-state index in [2.05, 4.69) is 5.32 Å². The van der Waals surface area contributed by atoms with Crippen LogP contribution in [0.4, 0.5) is 5.69 Å². The highest BCUT2D eigenvalue weighted by atomic mass is 35.5. The highest BCUT2D eigenvalue weighted by Crippen LogP contribution is 2.26. The molecule has 0 aliphatic heterocycles. The second-order valence-electron chi connectivity index (χ2n) is 7.67. The Labute approximate surface area is 205 Å². The van der Waals surface area contributed by atoms with E-state index in [-0.39, 0.29) is 15.5 Å². The smallest absolute Gasteiger partial charge is 0.264 e. The summed E-state index contributed by atoms with van der Waals surface area (Å²) in [7, 11) is -7.39. The van der Waals surface area contributed by atoms with E-state index in [4.69, 9.17) is 11.6 Å². The number of sulfone groups is 1. The van der Waals surface area contributed by atoms with Crippen LogP contribution in [0.2, 0.25) is 5.02 Å². The van der Waals surface area contributed by atoms with Crippen LogP contribution >= 0.6 is 11.6 Å². The second kappa shape index (κ2) is 10.6. The lowest BCUT2D eigenvalue weighted by Gasteiger charge is -2.26. The fraction of sp³-hybridized carbons (Fsp3) is 0.208. The Morgan fingerprint density at radius 1 is 0.912 bits per heavy atom. The summed E-state index contributed by atoms with van der Waals surface area (Å²) in [5.41, 5.74) is 0.973. The van der Waals surface area contributed by atoms with Gasteiger partial charge < -0.3 is 5.32 Å². The molecule has 0 saturated carbocycles. The molecule has 34 heavy (non-hydrogen) atoms. The highest BCUT2D eigenvalue weighted by molar-refractivity contribution is 7.93. The molecule has 0 spiro atoms. The van der Waals surface area contributed by atoms with Gasteiger partial charge in [-0.3, -0.25) is 9.10 Å². The van der Waals surface area contributed by atoms with E-state index in [0.717, 1.165) is 10.6 Å². The third-order valence-electron chi connectivity index (χ3n) is 5.17. The Morgan fingerprint density at radius 2 is 1.56 bits per heavy atom. The molecule has 0 bridgehead atoms. The zero-order chi connectivity index (χ0) is 24.9. The molecular formula is C24H25ClN2O5S2. The number of benzene rings is 3. The van der Waals surface area contributed by atoms with Crippen molar-refractivity contribution in [2.45, 2.75) is 29.2 Å².